The Kier molecular flexibility index (Phi) is 7.23. The lowest BCUT2D eigenvalue weighted by Gasteiger charge is -2.24. The highest BCUT2D eigenvalue weighted by Gasteiger charge is 2.50. The fourth-order valence-corrected chi connectivity index (χ4v) is 6.17. The third kappa shape index (κ3) is 5.54. The Morgan fingerprint density at radius 1 is 1.10 bits per heavy atom. The predicted octanol–water partition coefficient (Wildman–Crippen LogP) is -0.661. The highest BCUT2D eigenvalue weighted by molar-refractivity contribution is 7.47. The Bertz CT molecular complexity index is 1760. The number of anilines is 1. The lowest BCUT2D eigenvalue weighted by Crippen LogP contribution is -2.35. The number of nitrogen functional groups attached to an aromatic ring is 1. The molecule has 4 aromatic rings. The molecule has 2 bridgehead atoms. The summed E-state index contributed by atoms with van der Waals surface area (Å²) in [6.07, 6.45) is -2.15. The van der Waals surface area contributed by atoms with Crippen LogP contribution in [0.3, 0.4) is 0 Å². The van der Waals surface area contributed by atoms with Crippen molar-refractivity contribution in [1.82, 2.24) is 39.0 Å². The Balaban J connectivity index is 1.37. The monoisotopic (exact) mass is 615 g/mol. The number of aromatic nitrogens is 8. The van der Waals surface area contributed by atoms with Crippen molar-refractivity contribution in [2.24, 2.45) is 0 Å². The molecule has 2 aliphatic heterocycles. The van der Waals surface area contributed by atoms with E-state index in [0.29, 0.717) is 11.2 Å². The van der Waals surface area contributed by atoms with Gasteiger partial charge in [-0.15, -0.1) is 0 Å². The third-order valence-electron chi connectivity index (χ3n) is 6.32. The second kappa shape index (κ2) is 10.6. The van der Waals surface area contributed by atoms with Crippen LogP contribution in [0.4, 0.5) is 5.95 Å². The Morgan fingerprint density at radius 2 is 1.93 bits per heavy atom. The van der Waals surface area contributed by atoms with E-state index in [-0.39, 0.29) is 42.5 Å². The van der Waals surface area contributed by atoms with Crippen LogP contribution in [0.2, 0.25) is 0 Å². The molecule has 0 saturated carbocycles. The molecule has 4 aromatic heterocycles. The van der Waals surface area contributed by atoms with Gasteiger partial charge in [0.05, 0.1) is 25.7 Å². The number of nitrogens with two attached hydrogens (primary N) is 1. The minimum absolute atomic E-state index is 0.0933. The molecule has 1 fully saturated rings. The number of hydrogen-bond acceptors (Lipinski definition) is 15. The van der Waals surface area contributed by atoms with Gasteiger partial charge in [0.25, 0.3) is 5.56 Å². The number of nitrogens with one attached hydrogen (secondary N) is 1. The fraction of sp³-hybridized carbons (Fsp3) is 0.474. The highest BCUT2D eigenvalue weighted by atomic mass is 31.2. The van der Waals surface area contributed by atoms with Crippen molar-refractivity contribution in [3.63, 3.8) is 0 Å². The summed E-state index contributed by atoms with van der Waals surface area (Å²) >= 11 is 0. The molecule has 20 nitrogen and oxygen atoms in total. The first-order valence-corrected chi connectivity index (χ1v) is 15.0. The van der Waals surface area contributed by atoms with Crippen molar-refractivity contribution < 1.29 is 46.9 Å². The van der Waals surface area contributed by atoms with Gasteiger partial charge in [-0.25, -0.2) is 29.1 Å². The maximum absolute atomic E-state index is 13.1. The zero-order chi connectivity index (χ0) is 28.9. The van der Waals surface area contributed by atoms with Gasteiger partial charge in [0.15, 0.2) is 23.0 Å². The maximum Gasteiger partial charge on any atom is 0.473 e. The topological polar surface area (TPSA) is 274 Å². The molecule has 22 heteroatoms. The average Bonchev–Trinajstić information content (AvgIpc) is 3.58. The van der Waals surface area contributed by atoms with Crippen LogP contribution in [-0.4, -0.2) is 85.5 Å². The molecule has 6 N–H and O–H groups in total. The van der Waals surface area contributed by atoms with Gasteiger partial charge in [-0.3, -0.25) is 32.4 Å². The van der Waals surface area contributed by atoms with Crippen molar-refractivity contribution >= 4 is 43.9 Å². The number of aryl methyl sites for hydroxylation is 1. The third-order valence-corrected chi connectivity index (χ3v) is 8.27. The molecular formula is C19H23N9O11P2. The first-order chi connectivity index (χ1) is 19.5. The number of hydrogen-bond donors (Lipinski definition) is 5. The SMILES string of the molecule is Nc1nc2c(ncn2[C@@H]2O[C@@H]3COP(=O)(O)OCCCn4c(nc5cncnc54)COP(=O)(O)O[C@@H]2[C@@H]3O)c(=O)[nH]1. The van der Waals surface area contributed by atoms with Crippen molar-refractivity contribution in [2.75, 3.05) is 18.9 Å². The van der Waals surface area contributed by atoms with Crippen LogP contribution in [0, 0.1) is 0 Å². The molecule has 6 heterocycles. The molecular weight excluding hydrogens is 592 g/mol. The van der Waals surface area contributed by atoms with Gasteiger partial charge in [0.2, 0.25) is 5.95 Å². The quantitative estimate of drug-likeness (QED) is 0.166. The number of aliphatic hydroxyl groups is 1. The predicted molar refractivity (Wildman–Crippen MR) is 134 cm³/mol. The highest BCUT2D eigenvalue weighted by Crippen LogP contribution is 2.51. The maximum atomic E-state index is 13.1. The summed E-state index contributed by atoms with van der Waals surface area (Å²) in [6, 6.07) is 0. The first kappa shape index (κ1) is 28.0. The van der Waals surface area contributed by atoms with E-state index in [2.05, 4.69) is 29.9 Å². The molecule has 2 aliphatic rings. The number of fused-ring (bicyclic) bond motifs is 6. The van der Waals surface area contributed by atoms with Crippen LogP contribution in [-0.2, 0) is 45.1 Å². The van der Waals surface area contributed by atoms with Crippen molar-refractivity contribution in [3.05, 3.63) is 35.0 Å². The molecule has 2 unspecified atom stereocenters. The number of phosphoric acid groups is 2. The summed E-state index contributed by atoms with van der Waals surface area (Å²) in [7, 11) is -9.58. The number of aromatic amines is 1. The van der Waals surface area contributed by atoms with E-state index in [4.69, 9.17) is 28.6 Å². The Hall–Kier alpha value is -3.16. The van der Waals surface area contributed by atoms with Crippen LogP contribution in [0.15, 0.2) is 23.6 Å². The summed E-state index contributed by atoms with van der Waals surface area (Å²) in [5, 5.41) is 11.0. The van der Waals surface area contributed by atoms with Gasteiger partial charge in [-0.2, -0.15) is 4.98 Å². The molecule has 1 saturated heterocycles. The van der Waals surface area contributed by atoms with Gasteiger partial charge in [0, 0.05) is 6.54 Å². The van der Waals surface area contributed by atoms with Crippen molar-refractivity contribution in [2.45, 2.75) is 44.1 Å². The second-order valence-corrected chi connectivity index (χ2v) is 11.9. The molecule has 41 heavy (non-hydrogen) atoms. The Morgan fingerprint density at radius 3 is 2.76 bits per heavy atom. The van der Waals surface area contributed by atoms with Crippen LogP contribution in [0.5, 0.6) is 0 Å². The van der Waals surface area contributed by atoms with Crippen molar-refractivity contribution in [3.8, 4) is 0 Å². The van der Waals surface area contributed by atoms with E-state index in [1.54, 1.807) is 4.57 Å². The molecule has 6 rings (SSSR count). The van der Waals surface area contributed by atoms with Crippen LogP contribution in [0.1, 0.15) is 18.5 Å². The van der Waals surface area contributed by atoms with Crippen LogP contribution < -0.4 is 11.3 Å². The molecule has 0 radical (unpaired) electrons. The summed E-state index contributed by atoms with van der Waals surface area (Å²) in [5.74, 6) is -0.0844. The fourth-order valence-electron chi connectivity index (χ4n) is 4.52. The van der Waals surface area contributed by atoms with Gasteiger partial charge in [-0.1, -0.05) is 0 Å². The number of nitrogens with zero attached hydrogens (tertiary/aromatic N) is 7. The molecule has 0 aliphatic carbocycles. The van der Waals surface area contributed by atoms with E-state index < -0.39 is 59.0 Å². The largest absolute Gasteiger partial charge is 0.473 e. The van der Waals surface area contributed by atoms with E-state index in [9.17, 15) is 28.8 Å². The minimum atomic E-state index is -4.95. The first-order valence-electron chi connectivity index (χ1n) is 12.0. The minimum Gasteiger partial charge on any atom is -0.387 e. The summed E-state index contributed by atoms with van der Waals surface area (Å²) < 4.78 is 54.8. The number of phosphoric ester groups is 2. The number of ether oxygens (including phenoxy) is 1. The number of aliphatic hydroxyl groups excluding tert-OH is 1. The van der Waals surface area contributed by atoms with E-state index in [0.717, 1.165) is 10.9 Å². The normalized spacial score (nSPS) is 31.9. The number of rotatable bonds is 1. The summed E-state index contributed by atoms with van der Waals surface area (Å²) in [6.45, 7) is -1.24. The van der Waals surface area contributed by atoms with Gasteiger partial charge < -0.3 is 29.9 Å². The van der Waals surface area contributed by atoms with Gasteiger partial charge >= 0.3 is 15.6 Å². The van der Waals surface area contributed by atoms with E-state index in [1.807, 2.05) is 0 Å². The summed E-state index contributed by atoms with van der Waals surface area (Å²) in [5.41, 5.74) is 5.50. The zero-order valence-corrected chi connectivity index (χ0v) is 22.6. The average molecular weight is 615 g/mol. The molecule has 6 atom stereocenters. The van der Waals surface area contributed by atoms with Crippen LogP contribution >= 0.6 is 15.6 Å². The Labute approximate surface area is 228 Å². The van der Waals surface area contributed by atoms with E-state index >= 15 is 0 Å². The molecule has 0 aromatic carbocycles. The standard InChI is InChI=1S/C19H23N9O11P2/c20-19-25-16-12(17(30)26-19)23-8-28(16)18-14-13(29)10(38-18)5-36-40(31,32)35-3-1-2-27-11(6-37-41(33,34)39-14)24-9-4-21-7-22-15(9)27/h4,7-8,10,13-14,18,29H,1-3,5-6H2,(H,31,32)(H,33,34)(H3,20,25,26,30)/t10-,13-,14-,18-/m1/s1. The molecule has 0 amide bonds. The smallest absolute Gasteiger partial charge is 0.387 e. The lowest BCUT2D eigenvalue weighted by molar-refractivity contribution is -0.0517. The van der Waals surface area contributed by atoms with E-state index in [1.165, 1.54) is 12.5 Å². The second-order valence-electron chi connectivity index (χ2n) is 9.01. The lowest BCUT2D eigenvalue weighted by atomic mass is 10.1. The molecule has 220 valence electrons. The van der Waals surface area contributed by atoms with Crippen LogP contribution in [0.25, 0.3) is 22.3 Å². The summed E-state index contributed by atoms with van der Waals surface area (Å²) in [4.78, 5) is 55.8. The zero-order valence-electron chi connectivity index (χ0n) is 20.8. The van der Waals surface area contributed by atoms with Gasteiger partial charge in [0.1, 0.15) is 42.6 Å². The molecule has 0 spiro atoms. The number of imidazole rings is 2. The number of H-pyrrole nitrogens is 1. The van der Waals surface area contributed by atoms with Crippen molar-refractivity contribution in [1.29, 1.82) is 0 Å². The van der Waals surface area contributed by atoms with Gasteiger partial charge in [-0.05, 0) is 6.42 Å².